The summed E-state index contributed by atoms with van der Waals surface area (Å²) in [6.45, 7) is 0.737. The van der Waals surface area contributed by atoms with Crippen molar-refractivity contribution < 1.29 is 9.90 Å². The van der Waals surface area contributed by atoms with Crippen LogP contribution in [0.3, 0.4) is 0 Å². The summed E-state index contributed by atoms with van der Waals surface area (Å²) in [4.78, 5) is 18.4. The second-order valence-electron chi connectivity index (χ2n) is 6.65. The van der Waals surface area contributed by atoms with E-state index >= 15 is 0 Å². The SMILES string of the molecule is O=C(O)C1CCCN1C(c1cccc(Cl)c1)c1cnc2ccccc2c1. The molecular weight excluding hydrogens is 348 g/mol. The fourth-order valence-electron chi connectivity index (χ4n) is 3.85. The van der Waals surface area contributed by atoms with Gasteiger partial charge >= 0.3 is 5.97 Å². The number of aliphatic carboxylic acids is 1. The van der Waals surface area contributed by atoms with Gasteiger partial charge in [-0.15, -0.1) is 0 Å². The van der Waals surface area contributed by atoms with E-state index in [0.717, 1.165) is 35.0 Å². The molecule has 1 aliphatic rings. The third-order valence-electron chi connectivity index (χ3n) is 5.00. The van der Waals surface area contributed by atoms with E-state index in [4.69, 9.17) is 11.6 Å². The van der Waals surface area contributed by atoms with Gasteiger partial charge in [0.1, 0.15) is 6.04 Å². The Kier molecular flexibility index (Phi) is 4.62. The van der Waals surface area contributed by atoms with Gasteiger partial charge in [-0.1, -0.05) is 41.9 Å². The molecule has 0 bridgehead atoms. The molecule has 132 valence electrons. The van der Waals surface area contributed by atoms with Crippen LogP contribution in [0.1, 0.15) is 30.0 Å². The fourth-order valence-corrected chi connectivity index (χ4v) is 4.05. The monoisotopic (exact) mass is 366 g/mol. The molecule has 0 amide bonds. The van der Waals surface area contributed by atoms with Gasteiger partial charge in [0, 0.05) is 23.2 Å². The van der Waals surface area contributed by atoms with Crippen LogP contribution in [0.15, 0.2) is 60.8 Å². The zero-order valence-corrected chi connectivity index (χ0v) is 14.9. The first-order chi connectivity index (χ1) is 12.6. The number of carboxylic acid groups (broad SMARTS) is 1. The third-order valence-corrected chi connectivity index (χ3v) is 5.24. The maximum absolute atomic E-state index is 11.8. The summed E-state index contributed by atoms with van der Waals surface area (Å²) in [6.07, 6.45) is 3.38. The zero-order chi connectivity index (χ0) is 18.1. The van der Waals surface area contributed by atoms with Gasteiger partial charge in [0.15, 0.2) is 0 Å². The number of halogens is 1. The maximum Gasteiger partial charge on any atom is 0.320 e. The summed E-state index contributed by atoms with van der Waals surface area (Å²) in [5, 5.41) is 11.4. The van der Waals surface area contributed by atoms with Gasteiger partial charge in [-0.25, -0.2) is 0 Å². The average Bonchev–Trinajstić information content (AvgIpc) is 3.11. The number of para-hydroxylation sites is 1. The molecule has 0 saturated carbocycles. The molecule has 5 heteroatoms. The van der Waals surface area contributed by atoms with Gasteiger partial charge < -0.3 is 5.11 Å². The van der Waals surface area contributed by atoms with Crippen LogP contribution in [0.5, 0.6) is 0 Å². The molecule has 1 aromatic heterocycles. The van der Waals surface area contributed by atoms with Crippen LogP contribution in [-0.4, -0.2) is 33.5 Å². The molecule has 0 spiro atoms. The van der Waals surface area contributed by atoms with Gasteiger partial charge in [0.2, 0.25) is 0 Å². The number of carboxylic acids is 1. The summed E-state index contributed by atoms with van der Waals surface area (Å²) < 4.78 is 0. The van der Waals surface area contributed by atoms with E-state index in [-0.39, 0.29) is 6.04 Å². The van der Waals surface area contributed by atoms with Crippen molar-refractivity contribution in [1.29, 1.82) is 0 Å². The minimum absolute atomic E-state index is 0.186. The molecule has 3 aromatic rings. The Balaban J connectivity index is 1.85. The highest BCUT2D eigenvalue weighted by atomic mass is 35.5. The number of fused-ring (bicyclic) bond motifs is 1. The fraction of sp³-hybridized carbons (Fsp3) is 0.238. The van der Waals surface area contributed by atoms with Crippen molar-refractivity contribution in [2.24, 2.45) is 0 Å². The number of pyridine rings is 1. The number of nitrogens with zero attached hydrogens (tertiary/aromatic N) is 2. The smallest absolute Gasteiger partial charge is 0.320 e. The van der Waals surface area contributed by atoms with Crippen molar-refractivity contribution in [1.82, 2.24) is 9.88 Å². The van der Waals surface area contributed by atoms with Gasteiger partial charge in [0.05, 0.1) is 11.6 Å². The van der Waals surface area contributed by atoms with Crippen LogP contribution in [0.4, 0.5) is 0 Å². The Labute approximate surface area is 157 Å². The van der Waals surface area contributed by atoms with E-state index in [0.29, 0.717) is 11.4 Å². The summed E-state index contributed by atoms with van der Waals surface area (Å²) in [7, 11) is 0. The summed E-state index contributed by atoms with van der Waals surface area (Å²) >= 11 is 6.23. The highest BCUT2D eigenvalue weighted by molar-refractivity contribution is 6.30. The van der Waals surface area contributed by atoms with E-state index in [2.05, 4.69) is 16.0 Å². The molecule has 1 fully saturated rings. The van der Waals surface area contributed by atoms with Crippen molar-refractivity contribution in [2.75, 3.05) is 6.54 Å². The van der Waals surface area contributed by atoms with E-state index in [1.807, 2.05) is 54.7 Å². The normalized spacial score (nSPS) is 18.9. The topological polar surface area (TPSA) is 53.4 Å². The second kappa shape index (κ2) is 7.06. The van der Waals surface area contributed by atoms with Gasteiger partial charge in [-0.2, -0.15) is 0 Å². The molecule has 1 aliphatic heterocycles. The number of benzene rings is 2. The lowest BCUT2D eigenvalue weighted by Gasteiger charge is -2.32. The number of aromatic nitrogens is 1. The van der Waals surface area contributed by atoms with Crippen LogP contribution in [0, 0.1) is 0 Å². The average molecular weight is 367 g/mol. The van der Waals surface area contributed by atoms with Crippen molar-refractivity contribution in [3.63, 3.8) is 0 Å². The maximum atomic E-state index is 11.8. The molecule has 2 atom stereocenters. The first-order valence-electron chi connectivity index (χ1n) is 8.72. The van der Waals surface area contributed by atoms with Gasteiger partial charge in [-0.3, -0.25) is 14.7 Å². The van der Waals surface area contributed by atoms with Crippen molar-refractivity contribution in [2.45, 2.75) is 24.9 Å². The number of likely N-dealkylation sites (tertiary alicyclic amines) is 1. The summed E-state index contributed by atoms with van der Waals surface area (Å²) in [5.74, 6) is -0.775. The van der Waals surface area contributed by atoms with Crippen molar-refractivity contribution in [3.8, 4) is 0 Å². The molecule has 26 heavy (non-hydrogen) atoms. The molecule has 4 rings (SSSR count). The molecule has 1 N–H and O–H groups in total. The Hall–Kier alpha value is -2.43. The van der Waals surface area contributed by atoms with Crippen LogP contribution < -0.4 is 0 Å². The first-order valence-corrected chi connectivity index (χ1v) is 9.10. The highest BCUT2D eigenvalue weighted by Crippen LogP contribution is 2.36. The molecule has 0 radical (unpaired) electrons. The third kappa shape index (κ3) is 3.18. The molecule has 2 unspecified atom stereocenters. The Morgan fingerprint density at radius 1 is 1.15 bits per heavy atom. The lowest BCUT2D eigenvalue weighted by atomic mass is 9.96. The Morgan fingerprint density at radius 2 is 2.00 bits per heavy atom. The largest absolute Gasteiger partial charge is 0.480 e. The first kappa shape index (κ1) is 17.0. The standard InChI is InChI=1S/C21H19ClN2O2/c22-17-7-3-6-15(12-17)20(24-10-4-9-19(24)21(25)26)16-11-14-5-1-2-8-18(14)23-13-16/h1-3,5-8,11-13,19-20H,4,9-10H2,(H,25,26). The van der Waals surface area contributed by atoms with Crippen LogP contribution in [0.2, 0.25) is 5.02 Å². The predicted octanol–water partition coefficient (Wildman–Crippen LogP) is 4.53. The van der Waals surface area contributed by atoms with Gasteiger partial charge in [-0.05, 0) is 48.2 Å². The minimum atomic E-state index is -0.775. The van der Waals surface area contributed by atoms with Crippen molar-refractivity contribution >= 4 is 28.5 Å². The Morgan fingerprint density at radius 3 is 2.81 bits per heavy atom. The lowest BCUT2D eigenvalue weighted by Crippen LogP contribution is -2.39. The molecule has 0 aliphatic carbocycles. The number of hydrogen-bond donors (Lipinski definition) is 1. The molecule has 2 heterocycles. The quantitative estimate of drug-likeness (QED) is 0.737. The van der Waals surface area contributed by atoms with Crippen molar-refractivity contribution in [3.05, 3.63) is 76.9 Å². The molecule has 1 saturated heterocycles. The van der Waals surface area contributed by atoms with Gasteiger partial charge in [0.25, 0.3) is 0 Å². The Bertz CT molecular complexity index is 959. The number of rotatable bonds is 4. The van der Waals surface area contributed by atoms with E-state index in [1.165, 1.54) is 0 Å². The lowest BCUT2D eigenvalue weighted by molar-refractivity contribution is -0.142. The molecule has 4 nitrogen and oxygen atoms in total. The van der Waals surface area contributed by atoms with Crippen LogP contribution in [0.25, 0.3) is 10.9 Å². The zero-order valence-electron chi connectivity index (χ0n) is 14.2. The predicted molar refractivity (Wildman–Crippen MR) is 102 cm³/mol. The molecule has 2 aromatic carbocycles. The minimum Gasteiger partial charge on any atom is -0.480 e. The van der Waals surface area contributed by atoms with E-state index in [1.54, 1.807) is 0 Å². The second-order valence-corrected chi connectivity index (χ2v) is 7.09. The van der Waals surface area contributed by atoms with E-state index < -0.39 is 12.0 Å². The van der Waals surface area contributed by atoms with E-state index in [9.17, 15) is 9.90 Å². The highest BCUT2D eigenvalue weighted by Gasteiger charge is 2.37. The number of hydrogen-bond acceptors (Lipinski definition) is 3. The number of carbonyl (C=O) groups is 1. The summed E-state index contributed by atoms with van der Waals surface area (Å²) in [6, 6.07) is 17.0. The molecular formula is C21H19ClN2O2. The summed E-state index contributed by atoms with van der Waals surface area (Å²) in [5.41, 5.74) is 2.90. The van der Waals surface area contributed by atoms with Crippen LogP contribution >= 0.6 is 11.6 Å². The van der Waals surface area contributed by atoms with Crippen LogP contribution in [-0.2, 0) is 4.79 Å².